The highest BCUT2D eigenvalue weighted by Crippen LogP contribution is 2.46. The Bertz CT molecular complexity index is 780. The molecule has 2 aromatic rings. The van der Waals surface area contributed by atoms with Gasteiger partial charge in [-0.15, -0.1) is 0 Å². The Morgan fingerprint density at radius 2 is 1.72 bits per heavy atom. The number of thioether (sulfide) groups is 1. The Morgan fingerprint density at radius 1 is 1.04 bits per heavy atom. The van der Waals surface area contributed by atoms with Crippen molar-refractivity contribution in [3.8, 4) is 17.2 Å². The van der Waals surface area contributed by atoms with Gasteiger partial charge in [-0.2, -0.15) is 17.0 Å². The van der Waals surface area contributed by atoms with Gasteiger partial charge in [0.2, 0.25) is 0 Å². The van der Waals surface area contributed by atoms with Crippen LogP contribution < -0.4 is 0 Å². The number of hydrogen-bond acceptors (Lipinski definition) is 3. The second-order valence-electron chi connectivity index (χ2n) is 7.47. The van der Waals surface area contributed by atoms with E-state index in [1.807, 2.05) is 24.3 Å². The second kappa shape index (κ2) is 6.86. The summed E-state index contributed by atoms with van der Waals surface area (Å²) in [6.07, 6.45) is 6.42. The Kier molecular flexibility index (Phi) is 4.58. The molecular weight excluding hydrogens is 326 g/mol. The van der Waals surface area contributed by atoms with Crippen molar-refractivity contribution in [2.24, 2.45) is 0 Å². The zero-order valence-electron chi connectivity index (χ0n) is 14.3. The zero-order valence-corrected chi connectivity index (χ0v) is 15.1. The monoisotopic (exact) mass is 349 g/mol. The van der Waals surface area contributed by atoms with Crippen LogP contribution in [-0.2, 0) is 6.42 Å². The number of hydrogen-bond donors (Lipinski definition) is 1. The molecule has 4 rings (SSSR count). The topological polar surface area (TPSA) is 44.0 Å². The SMILES string of the molecule is N#Cc1ccccc1-c1ccc(CC2(O)CC3CCCC(C2)S3)cc1. The number of benzene rings is 2. The molecule has 0 amide bonds. The lowest BCUT2D eigenvalue weighted by Crippen LogP contribution is -2.44. The minimum absolute atomic E-state index is 0.549. The summed E-state index contributed by atoms with van der Waals surface area (Å²) in [7, 11) is 0. The molecule has 3 heteroatoms. The highest BCUT2D eigenvalue weighted by atomic mass is 32.2. The van der Waals surface area contributed by atoms with E-state index in [0.29, 0.717) is 16.1 Å². The Labute approximate surface area is 153 Å². The van der Waals surface area contributed by atoms with Crippen LogP contribution in [0.15, 0.2) is 48.5 Å². The van der Waals surface area contributed by atoms with Crippen LogP contribution in [0, 0.1) is 11.3 Å². The van der Waals surface area contributed by atoms with Crippen LogP contribution in [0.5, 0.6) is 0 Å². The molecular formula is C22H23NOS. The van der Waals surface area contributed by atoms with Crippen molar-refractivity contribution in [3.63, 3.8) is 0 Å². The lowest BCUT2D eigenvalue weighted by Gasteiger charge is -2.44. The molecule has 2 atom stereocenters. The van der Waals surface area contributed by atoms with E-state index in [9.17, 15) is 10.4 Å². The maximum Gasteiger partial charge on any atom is 0.0998 e. The van der Waals surface area contributed by atoms with Gasteiger partial charge in [-0.05, 0) is 48.4 Å². The summed E-state index contributed by atoms with van der Waals surface area (Å²) in [5.74, 6) is 0. The molecule has 2 nitrogen and oxygen atoms in total. The molecule has 2 aromatic carbocycles. The van der Waals surface area contributed by atoms with Crippen LogP contribution >= 0.6 is 11.8 Å². The van der Waals surface area contributed by atoms with Crippen LogP contribution in [0.2, 0.25) is 0 Å². The highest BCUT2D eigenvalue weighted by molar-refractivity contribution is 8.00. The van der Waals surface area contributed by atoms with Crippen molar-refractivity contribution in [1.82, 2.24) is 0 Å². The van der Waals surface area contributed by atoms with Crippen molar-refractivity contribution < 1.29 is 5.11 Å². The molecule has 2 aliphatic rings. The van der Waals surface area contributed by atoms with E-state index in [1.54, 1.807) is 0 Å². The predicted molar refractivity (Wildman–Crippen MR) is 103 cm³/mol. The minimum atomic E-state index is -0.549. The quantitative estimate of drug-likeness (QED) is 0.853. The maximum atomic E-state index is 11.1. The standard InChI is InChI=1S/C22H23NOS/c23-15-18-4-1-2-7-21(18)17-10-8-16(9-11-17)12-22(24)13-19-5-3-6-20(14-22)25-19/h1-2,4,7-11,19-20,24H,3,5-6,12-14H2. The highest BCUT2D eigenvalue weighted by Gasteiger charge is 2.41. The third-order valence-electron chi connectivity index (χ3n) is 5.50. The van der Waals surface area contributed by atoms with Crippen molar-refractivity contribution in [3.05, 3.63) is 59.7 Å². The van der Waals surface area contributed by atoms with Gasteiger partial charge in [0.05, 0.1) is 17.2 Å². The van der Waals surface area contributed by atoms with Gasteiger partial charge in [0, 0.05) is 16.9 Å². The molecule has 25 heavy (non-hydrogen) atoms. The molecule has 2 aliphatic heterocycles. The van der Waals surface area contributed by atoms with Gasteiger partial charge < -0.3 is 5.11 Å². The third kappa shape index (κ3) is 3.61. The van der Waals surface area contributed by atoms with Gasteiger partial charge in [0.25, 0.3) is 0 Å². The first-order chi connectivity index (χ1) is 12.1. The van der Waals surface area contributed by atoms with Gasteiger partial charge in [-0.1, -0.05) is 48.9 Å². The first-order valence-corrected chi connectivity index (χ1v) is 10.1. The average molecular weight is 349 g/mol. The van der Waals surface area contributed by atoms with E-state index in [0.717, 1.165) is 30.4 Å². The Balaban J connectivity index is 1.52. The fraction of sp³-hybridized carbons (Fsp3) is 0.409. The maximum absolute atomic E-state index is 11.1. The van der Waals surface area contributed by atoms with E-state index in [-0.39, 0.29) is 0 Å². The number of nitriles is 1. The van der Waals surface area contributed by atoms with Crippen LogP contribution in [-0.4, -0.2) is 21.2 Å². The van der Waals surface area contributed by atoms with Crippen LogP contribution in [0.25, 0.3) is 11.1 Å². The summed E-state index contributed by atoms with van der Waals surface area (Å²) >= 11 is 2.10. The molecule has 128 valence electrons. The summed E-state index contributed by atoms with van der Waals surface area (Å²) in [4.78, 5) is 0. The van der Waals surface area contributed by atoms with Crippen molar-refractivity contribution >= 4 is 11.8 Å². The molecule has 1 N–H and O–H groups in total. The van der Waals surface area contributed by atoms with Gasteiger partial charge >= 0.3 is 0 Å². The Morgan fingerprint density at radius 3 is 2.40 bits per heavy atom. The lowest BCUT2D eigenvalue weighted by molar-refractivity contribution is 0.0130. The number of rotatable bonds is 3. The average Bonchev–Trinajstić information content (AvgIpc) is 2.61. The van der Waals surface area contributed by atoms with Crippen LogP contribution in [0.1, 0.15) is 43.2 Å². The van der Waals surface area contributed by atoms with Gasteiger partial charge in [-0.25, -0.2) is 0 Å². The summed E-state index contributed by atoms with van der Waals surface area (Å²) in [5.41, 5.74) is 3.37. The predicted octanol–water partition coefficient (Wildman–Crippen LogP) is 4.95. The molecule has 0 aliphatic carbocycles. The molecule has 2 bridgehead atoms. The van der Waals surface area contributed by atoms with E-state index in [2.05, 4.69) is 42.1 Å². The summed E-state index contributed by atoms with van der Waals surface area (Å²) in [6.45, 7) is 0. The second-order valence-corrected chi connectivity index (χ2v) is 9.08. The molecule has 2 fully saturated rings. The zero-order chi connectivity index (χ0) is 17.3. The van der Waals surface area contributed by atoms with Gasteiger partial charge in [-0.3, -0.25) is 0 Å². The van der Waals surface area contributed by atoms with Crippen LogP contribution in [0.4, 0.5) is 0 Å². The first-order valence-electron chi connectivity index (χ1n) is 9.11. The summed E-state index contributed by atoms with van der Waals surface area (Å²) < 4.78 is 0. The van der Waals surface area contributed by atoms with Gasteiger partial charge in [0.1, 0.15) is 0 Å². The summed E-state index contributed by atoms with van der Waals surface area (Å²) in [5, 5.41) is 21.7. The van der Waals surface area contributed by atoms with Crippen molar-refractivity contribution in [2.45, 2.75) is 54.6 Å². The molecule has 2 saturated heterocycles. The third-order valence-corrected chi connectivity index (χ3v) is 7.07. The smallest absolute Gasteiger partial charge is 0.0998 e. The number of fused-ring (bicyclic) bond motifs is 2. The van der Waals surface area contributed by atoms with Gasteiger partial charge in [0.15, 0.2) is 0 Å². The minimum Gasteiger partial charge on any atom is -0.389 e. The first kappa shape index (κ1) is 16.7. The summed E-state index contributed by atoms with van der Waals surface area (Å²) in [6, 6.07) is 18.3. The van der Waals surface area contributed by atoms with E-state index >= 15 is 0 Å². The fourth-order valence-electron chi connectivity index (χ4n) is 4.37. The molecule has 0 aromatic heterocycles. The molecule has 2 unspecified atom stereocenters. The normalized spacial score (nSPS) is 28.3. The Hall–Kier alpha value is -1.76. The van der Waals surface area contributed by atoms with E-state index in [1.165, 1.54) is 24.8 Å². The molecule has 0 saturated carbocycles. The molecule has 0 spiro atoms. The fourth-order valence-corrected chi connectivity index (χ4v) is 6.33. The number of nitrogens with zero attached hydrogens (tertiary/aromatic N) is 1. The molecule has 2 heterocycles. The van der Waals surface area contributed by atoms with E-state index < -0.39 is 5.60 Å². The van der Waals surface area contributed by atoms with Crippen molar-refractivity contribution in [2.75, 3.05) is 0 Å². The largest absolute Gasteiger partial charge is 0.389 e. The number of aliphatic hydroxyl groups is 1. The molecule has 0 radical (unpaired) electrons. The lowest BCUT2D eigenvalue weighted by atomic mass is 9.81. The van der Waals surface area contributed by atoms with E-state index in [4.69, 9.17) is 0 Å². The van der Waals surface area contributed by atoms with Crippen LogP contribution in [0.3, 0.4) is 0 Å². The van der Waals surface area contributed by atoms with Crippen molar-refractivity contribution in [1.29, 1.82) is 5.26 Å².